The minimum atomic E-state index is -5.08. The maximum absolute atomic E-state index is 13.6. The summed E-state index contributed by atoms with van der Waals surface area (Å²) in [5.74, 6) is -2.19. The first-order chi connectivity index (χ1) is 17.6. The van der Waals surface area contributed by atoms with Crippen molar-refractivity contribution in [2.75, 3.05) is 13.1 Å². The highest BCUT2D eigenvalue weighted by Crippen LogP contribution is 2.27. The monoisotopic (exact) mass is 515 g/mol. The van der Waals surface area contributed by atoms with E-state index >= 15 is 0 Å². The average molecular weight is 515 g/mol. The summed E-state index contributed by atoms with van der Waals surface area (Å²) >= 11 is 0. The van der Waals surface area contributed by atoms with Crippen LogP contribution < -0.4 is 0 Å². The number of carbonyl (C=O) groups is 2. The average Bonchev–Trinajstić information content (AvgIpc) is 3.32. The van der Waals surface area contributed by atoms with Gasteiger partial charge < -0.3 is 10.0 Å². The van der Waals surface area contributed by atoms with Crippen LogP contribution in [0.15, 0.2) is 67.1 Å². The Balaban J connectivity index is 0.000000405. The first-order valence-electron chi connectivity index (χ1n) is 11.2. The van der Waals surface area contributed by atoms with E-state index in [0.29, 0.717) is 12.1 Å². The van der Waals surface area contributed by atoms with E-state index < -0.39 is 12.1 Å². The van der Waals surface area contributed by atoms with Crippen molar-refractivity contribution in [3.05, 3.63) is 84.3 Å². The first kappa shape index (κ1) is 25.7. The van der Waals surface area contributed by atoms with Gasteiger partial charge in [-0.25, -0.2) is 18.7 Å². The van der Waals surface area contributed by atoms with Crippen LogP contribution >= 0.6 is 0 Å². The summed E-state index contributed by atoms with van der Waals surface area (Å²) in [7, 11) is 0. The van der Waals surface area contributed by atoms with E-state index in [0.717, 1.165) is 42.0 Å². The Morgan fingerprint density at radius 3 is 2.43 bits per heavy atom. The van der Waals surface area contributed by atoms with Gasteiger partial charge in [0.05, 0.1) is 0 Å². The first-order valence-corrected chi connectivity index (χ1v) is 11.2. The van der Waals surface area contributed by atoms with Gasteiger partial charge in [-0.15, -0.1) is 0 Å². The Morgan fingerprint density at radius 1 is 1.03 bits per heavy atom. The Hall–Kier alpha value is -4.35. The summed E-state index contributed by atoms with van der Waals surface area (Å²) in [5.41, 5.74) is 3.05. The molecule has 4 heterocycles. The molecule has 1 fully saturated rings. The lowest BCUT2D eigenvalue weighted by atomic mass is 9.97. The summed E-state index contributed by atoms with van der Waals surface area (Å²) in [6.45, 7) is 1.32. The van der Waals surface area contributed by atoms with Gasteiger partial charge in [0.2, 0.25) is 0 Å². The maximum atomic E-state index is 13.6. The smallest absolute Gasteiger partial charge is 0.475 e. The molecule has 0 bridgehead atoms. The molecule has 192 valence electrons. The van der Waals surface area contributed by atoms with Gasteiger partial charge in [-0.3, -0.25) is 9.78 Å². The third kappa shape index (κ3) is 6.26. The number of carbonyl (C=O) groups excluding carboxylic acids is 1. The number of carboxylic acids is 1. The van der Waals surface area contributed by atoms with Gasteiger partial charge in [-0.05, 0) is 54.8 Å². The molecule has 0 radical (unpaired) electrons. The third-order valence-corrected chi connectivity index (χ3v) is 5.75. The molecule has 1 unspecified atom stereocenters. The molecule has 5 rings (SSSR count). The number of fused-ring (bicyclic) bond motifs is 1. The van der Waals surface area contributed by atoms with E-state index in [1.165, 1.54) is 12.1 Å². The van der Waals surface area contributed by atoms with Crippen LogP contribution in [0.2, 0.25) is 0 Å². The fraction of sp³-hybridized carbons (Fsp3) is 0.240. The van der Waals surface area contributed by atoms with Crippen LogP contribution in [-0.4, -0.2) is 60.7 Å². The number of nitrogens with zero attached hydrogens (tertiary/aromatic N) is 5. The fourth-order valence-electron chi connectivity index (χ4n) is 3.96. The number of hydrogen-bond donors (Lipinski definition) is 1. The van der Waals surface area contributed by atoms with Crippen molar-refractivity contribution >= 4 is 17.5 Å². The number of hydrogen-bond acceptors (Lipinski definition) is 5. The lowest BCUT2D eigenvalue weighted by Gasteiger charge is -2.31. The quantitative estimate of drug-likeness (QED) is 0.401. The van der Waals surface area contributed by atoms with Crippen molar-refractivity contribution in [1.29, 1.82) is 0 Å². The predicted molar refractivity (Wildman–Crippen MR) is 124 cm³/mol. The Kier molecular flexibility index (Phi) is 7.46. The number of pyridine rings is 2. The van der Waals surface area contributed by atoms with Gasteiger partial charge in [-0.1, -0.05) is 12.1 Å². The van der Waals surface area contributed by atoms with Gasteiger partial charge in [-0.2, -0.15) is 18.3 Å². The molecule has 1 aliphatic heterocycles. The van der Waals surface area contributed by atoms with Crippen LogP contribution in [0.5, 0.6) is 0 Å². The van der Waals surface area contributed by atoms with Crippen LogP contribution in [-0.2, 0) is 4.79 Å². The van der Waals surface area contributed by atoms with Crippen molar-refractivity contribution in [3.63, 3.8) is 0 Å². The highest BCUT2D eigenvalue weighted by atomic mass is 19.4. The molecule has 4 aromatic rings. The zero-order valence-electron chi connectivity index (χ0n) is 19.3. The zero-order chi connectivity index (χ0) is 26.6. The van der Waals surface area contributed by atoms with Gasteiger partial charge in [0, 0.05) is 48.7 Å². The molecule has 0 aliphatic carbocycles. The fourth-order valence-corrected chi connectivity index (χ4v) is 3.96. The molecule has 8 nitrogen and oxygen atoms in total. The molecule has 1 aromatic carbocycles. The number of halogens is 4. The molecule has 1 saturated heterocycles. The van der Waals surface area contributed by atoms with Crippen LogP contribution in [0.4, 0.5) is 17.6 Å². The summed E-state index contributed by atoms with van der Waals surface area (Å²) in [6, 6.07) is 13.8. The molecule has 1 amide bonds. The lowest BCUT2D eigenvalue weighted by molar-refractivity contribution is -0.192. The van der Waals surface area contributed by atoms with Crippen LogP contribution in [0.1, 0.15) is 34.9 Å². The molecule has 1 aliphatic rings. The van der Waals surface area contributed by atoms with E-state index in [-0.39, 0.29) is 17.6 Å². The number of likely N-dealkylation sites (tertiary alicyclic amines) is 1. The van der Waals surface area contributed by atoms with Crippen LogP contribution in [0, 0.1) is 5.82 Å². The third-order valence-electron chi connectivity index (χ3n) is 5.75. The van der Waals surface area contributed by atoms with E-state index in [1.807, 2.05) is 29.3 Å². The van der Waals surface area contributed by atoms with Crippen molar-refractivity contribution in [2.24, 2.45) is 0 Å². The maximum Gasteiger partial charge on any atom is 0.490 e. The lowest BCUT2D eigenvalue weighted by Crippen LogP contribution is -2.39. The van der Waals surface area contributed by atoms with E-state index in [4.69, 9.17) is 9.90 Å². The summed E-state index contributed by atoms with van der Waals surface area (Å²) in [6.07, 6.45) is 1.89. The molecule has 12 heteroatoms. The van der Waals surface area contributed by atoms with Gasteiger partial charge in [0.1, 0.15) is 5.82 Å². The molecule has 37 heavy (non-hydrogen) atoms. The van der Waals surface area contributed by atoms with E-state index in [1.54, 1.807) is 35.1 Å². The molecule has 0 saturated carbocycles. The molecule has 1 atom stereocenters. The highest BCUT2D eigenvalue weighted by molar-refractivity contribution is 5.94. The minimum Gasteiger partial charge on any atom is -0.475 e. The molecule has 1 N–H and O–H groups in total. The molecule has 3 aromatic heterocycles. The number of aromatic nitrogens is 4. The number of carboxylic acid groups (broad SMARTS) is 1. The SMILES string of the molecule is O=C(O)C(F)(F)F.O=C(c1ccncc1)N1CCCC(c2nc3ccc(-c4cccc(F)c4)cn3n2)C1. The topological polar surface area (TPSA) is 101 Å². The Labute approximate surface area is 208 Å². The molecule has 0 spiro atoms. The second kappa shape index (κ2) is 10.7. The number of alkyl halides is 3. The van der Waals surface area contributed by atoms with Crippen molar-refractivity contribution in [3.8, 4) is 11.1 Å². The van der Waals surface area contributed by atoms with Crippen molar-refractivity contribution in [2.45, 2.75) is 24.9 Å². The summed E-state index contributed by atoms with van der Waals surface area (Å²) in [4.78, 5) is 32.2. The standard InChI is InChI=1S/C23H20FN5O.C2HF3O2/c24-20-5-1-3-17(13-20)18-6-7-21-26-22(27-29(21)15-18)19-4-2-12-28(14-19)23(30)16-8-10-25-11-9-16;3-2(4,5)1(6)7/h1,3,5-11,13,15,19H,2,4,12,14H2;(H,6,7). The number of benzene rings is 1. The van der Waals surface area contributed by atoms with Crippen molar-refractivity contribution in [1.82, 2.24) is 24.5 Å². The predicted octanol–water partition coefficient (Wildman–Crippen LogP) is 4.58. The second-order valence-corrected chi connectivity index (χ2v) is 8.33. The Morgan fingerprint density at radius 2 is 1.76 bits per heavy atom. The highest BCUT2D eigenvalue weighted by Gasteiger charge is 2.38. The van der Waals surface area contributed by atoms with Crippen molar-refractivity contribution < 1.29 is 32.3 Å². The van der Waals surface area contributed by atoms with E-state index in [2.05, 4.69) is 15.1 Å². The Bertz CT molecular complexity index is 1410. The molecular weight excluding hydrogens is 494 g/mol. The minimum absolute atomic E-state index is 0.0132. The normalized spacial score (nSPS) is 15.7. The molecular formula is C25H21F4N5O3. The largest absolute Gasteiger partial charge is 0.490 e. The van der Waals surface area contributed by atoms with Gasteiger partial charge >= 0.3 is 12.1 Å². The van der Waals surface area contributed by atoms with Gasteiger partial charge in [0.15, 0.2) is 11.5 Å². The number of aliphatic carboxylic acids is 1. The van der Waals surface area contributed by atoms with E-state index in [9.17, 15) is 22.4 Å². The summed E-state index contributed by atoms with van der Waals surface area (Å²) in [5, 5.41) is 11.8. The number of amides is 1. The van der Waals surface area contributed by atoms with Gasteiger partial charge in [0.25, 0.3) is 5.91 Å². The second-order valence-electron chi connectivity index (χ2n) is 8.33. The zero-order valence-corrected chi connectivity index (χ0v) is 19.3. The number of piperidine rings is 1. The van der Waals surface area contributed by atoms with Crippen LogP contribution in [0.25, 0.3) is 16.8 Å². The van der Waals surface area contributed by atoms with Crippen LogP contribution in [0.3, 0.4) is 0 Å². The summed E-state index contributed by atoms with van der Waals surface area (Å²) < 4.78 is 47.0. The number of rotatable bonds is 3.